The molecule has 3 heteroatoms. The van der Waals surface area contributed by atoms with Gasteiger partial charge in [-0.05, 0) is 19.4 Å². The van der Waals surface area contributed by atoms with E-state index in [1.54, 1.807) is 12.1 Å². The fourth-order valence-corrected chi connectivity index (χ4v) is 1.71. The molecule has 0 amide bonds. The van der Waals surface area contributed by atoms with Crippen molar-refractivity contribution in [3.63, 3.8) is 0 Å². The number of benzene rings is 1. The predicted octanol–water partition coefficient (Wildman–Crippen LogP) is 3.11. The maximum absolute atomic E-state index is 13.5. The molecule has 0 radical (unpaired) electrons. The van der Waals surface area contributed by atoms with Gasteiger partial charge in [-0.1, -0.05) is 31.0 Å². The molecule has 0 aliphatic heterocycles. The number of hydrogen-bond donors (Lipinski definition) is 1. The molecule has 0 fully saturated rings. The highest BCUT2D eigenvalue weighted by Gasteiger charge is 2.22. The van der Waals surface area contributed by atoms with Crippen LogP contribution in [0.1, 0.15) is 37.0 Å². The largest absolute Gasteiger partial charge is 0.387 e. The molecule has 1 N–H and O–H groups in total. The van der Waals surface area contributed by atoms with Crippen molar-refractivity contribution < 1.29 is 9.50 Å². The van der Waals surface area contributed by atoms with Crippen molar-refractivity contribution >= 4 is 0 Å². The molecule has 0 aliphatic rings. The molecule has 2 nitrogen and oxygen atoms in total. The summed E-state index contributed by atoms with van der Waals surface area (Å²) in [4.78, 5) is 0. The van der Waals surface area contributed by atoms with Crippen molar-refractivity contribution in [3.05, 3.63) is 35.1 Å². The van der Waals surface area contributed by atoms with Gasteiger partial charge in [0.15, 0.2) is 0 Å². The fourth-order valence-electron chi connectivity index (χ4n) is 1.71. The minimum Gasteiger partial charge on any atom is -0.387 e. The Bertz CT molecular complexity index is 397. The quantitative estimate of drug-likeness (QED) is 0.849. The number of nitrogens with zero attached hydrogens (tertiary/aromatic N) is 1. The predicted molar refractivity (Wildman–Crippen MR) is 60.1 cm³/mol. The zero-order chi connectivity index (χ0) is 12.1. The molecule has 0 heterocycles. The van der Waals surface area contributed by atoms with Gasteiger partial charge in [0.1, 0.15) is 5.82 Å². The molecule has 2 unspecified atom stereocenters. The van der Waals surface area contributed by atoms with Gasteiger partial charge >= 0.3 is 0 Å². The summed E-state index contributed by atoms with van der Waals surface area (Å²) in [6.45, 7) is 3.76. The molecular weight excluding hydrogens is 205 g/mol. The number of nitriles is 1. The van der Waals surface area contributed by atoms with Crippen molar-refractivity contribution in [1.82, 2.24) is 0 Å². The van der Waals surface area contributed by atoms with Gasteiger partial charge < -0.3 is 5.11 Å². The molecule has 0 aromatic heterocycles. The average molecular weight is 221 g/mol. The average Bonchev–Trinajstić information content (AvgIpc) is 2.28. The third-order valence-corrected chi connectivity index (χ3v) is 2.62. The van der Waals surface area contributed by atoms with Crippen LogP contribution in [0.2, 0.25) is 0 Å². The van der Waals surface area contributed by atoms with Crippen molar-refractivity contribution in [2.75, 3.05) is 0 Å². The van der Waals surface area contributed by atoms with Gasteiger partial charge in [-0.2, -0.15) is 5.26 Å². The normalized spacial score (nSPS) is 14.2. The number of rotatable bonds is 4. The maximum Gasteiger partial charge on any atom is 0.129 e. The summed E-state index contributed by atoms with van der Waals surface area (Å²) < 4.78 is 13.5. The molecule has 0 saturated carbocycles. The summed E-state index contributed by atoms with van der Waals surface area (Å²) >= 11 is 0. The van der Waals surface area contributed by atoms with Crippen LogP contribution in [-0.2, 0) is 0 Å². The Hall–Kier alpha value is -1.40. The highest BCUT2D eigenvalue weighted by atomic mass is 19.1. The lowest BCUT2D eigenvalue weighted by Crippen LogP contribution is -2.12. The Morgan fingerprint density at radius 1 is 1.50 bits per heavy atom. The summed E-state index contributed by atoms with van der Waals surface area (Å²) in [7, 11) is 0. The van der Waals surface area contributed by atoms with E-state index in [0.29, 0.717) is 6.42 Å². The van der Waals surface area contributed by atoms with E-state index in [-0.39, 0.29) is 5.56 Å². The molecule has 16 heavy (non-hydrogen) atoms. The van der Waals surface area contributed by atoms with Crippen molar-refractivity contribution in [3.8, 4) is 6.07 Å². The highest BCUT2D eigenvalue weighted by molar-refractivity contribution is 5.27. The summed E-state index contributed by atoms with van der Waals surface area (Å²) in [5.74, 6) is -0.990. The Labute approximate surface area is 95.3 Å². The standard InChI is InChI=1S/C13H16FNO/c1-3-4-10(8-15)13(16)11-7-9(2)5-6-12(11)14/h5-7,10,13,16H,3-4H2,1-2H3. The SMILES string of the molecule is CCCC(C#N)C(O)c1cc(C)ccc1F. The zero-order valence-corrected chi connectivity index (χ0v) is 9.57. The van der Waals surface area contributed by atoms with Crippen molar-refractivity contribution in [2.24, 2.45) is 5.92 Å². The van der Waals surface area contributed by atoms with Crippen LogP contribution < -0.4 is 0 Å². The van der Waals surface area contributed by atoms with Crippen LogP contribution in [0.4, 0.5) is 4.39 Å². The molecule has 2 atom stereocenters. The summed E-state index contributed by atoms with van der Waals surface area (Å²) in [5, 5.41) is 18.9. The second-order valence-corrected chi connectivity index (χ2v) is 3.99. The number of aliphatic hydroxyl groups is 1. The lowest BCUT2D eigenvalue weighted by molar-refractivity contribution is 0.126. The van der Waals surface area contributed by atoms with Crippen molar-refractivity contribution in [1.29, 1.82) is 5.26 Å². The monoisotopic (exact) mass is 221 g/mol. The second-order valence-electron chi connectivity index (χ2n) is 3.99. The first-order valence-corrected chi connectivity index (χ1v) is 5.43. The van der Waals surface area contributed by atoms with E-state index in [1.165, 1.54) is 6.07 Å². The summed E-state index contributed by atoms with van der Waals surface area (Å²) in [6.07, 6.45) is 0.332. The van der Waals surface area contributed by atoms with E-state index < -0.39 is 17.8 Å². The van der Waals surface area contributed by atoms with Crippen LogP contribution >= 0.6 is 0 Å². The first-order chi connectivity index (χ1) is 7.60. The number of halogens is 1. The Morgan fingerprint density at radius 2 is 2.19 bits per heavy atom. The summed E-state index contributed by atoms with van der Waals surface area (Å²) in [5.41, 5.74) is 1.10. The number of aryl methyl sites for hydroxylation is 1. The van der Waals surface area contributed by atoms with Crippen LogP contribution in [0.5, 0.6) is 0 Å². The van der Waals surface area contributed by atoms with Gasteiger partial charge in [-0.25, -0.2) is 4.39 Å². The minimum atomic E-state index is -1.04. The maximum atomic E-state index is 13.5. The van der Waals surface area contributed by atoms with Crippen LogP contribution in [-0.4, -0.2) is 5.11 Å². The van der Waals surface area contributed by atoms with Gasteiger partial charge in [0.2, 0.25) is 0 Å². The smallest absolute Gasteiger partial charge is 0.129 e. The molecule has 1 rings (SSSR count). The molecule has 0 spiro atoms. The molecule has 86 valence electrons. The van der Waals surface area contributed by atoms with Gasteiger partial charge in [0.05, 0.1) is 18.1 Å². The van der Waals surface area contributed by atoms with Crippen LogP contribution in [0.25, 0.3) is 0 Å². The van der Waals surface area contributed by atoms with E-state index >= 15 is 0 Å². The Kier molecular flexibility index (Phi) is 4.45. The van der Waals surface area contributed by atoms with E-state index in [4.69, 9.17) is 5.26 Å². The Morgan fingerprint density at radius 3 is 2.75 bits per heavy atom. The van der Waals surface area contributed by atoms with Gasteiger partial charge in [-0.15, -0.1) is 0 Å². The zero-order valence-electron chi connectivity index (χ0n) is 9.57. The summed E-state index contributed by atoms with van der Waals surface area (Å²) in [6, 6.07) is 6.60. The first-order valence-electron chi connectivity index (χ1n) is 5.43. The van der Waals surface area contributed by atoms with E-state index in [2.05, 4.69) is 0 Å². The first kappa shape index (κ1) is 12.7. The molecule has 1 aromatic carbocycles. The van der Waals surface area contributed by atoms with E-state index in [1.807, 2.05) is 19.9 Å². The molecule has 0 aliphatic carbocycles. The minimum absolute atomic E-state index is 0.222. The van der Waals surface area contributed by atoms with E-state index in [9.17, 15) is 9.50 Å². The number of aliphatic hydroxyl groups excluding tert-OH is 1. The van der Waals surface area contributed by atoms with Gasteiger partial charge in [0.25, 0.3) is 0 Å². The third-order valence-electron chi connectivity index (χ3n) is 2.62. The van der Waals surface area contributed by atoms with Crippen molar-refractivity contribution in [2.45, 2.75) is 32.8 Å². The molecular formula is C13H16FNO. The highest BCUT2D eigenvalue weighted by Crippen LogP contribution is 2.27. The van der Waals surface area contributed by atoms with E-state index in [0.717, 1.165) is 12.0 Å². The van der Waals surface area contributed by atoms with Gasteiger partial charge in [-0.3, -0.25) is 0 Å². The second kappa shape index (κ2) is 5.62. The van der Waals surface area contributed by atoms with Crippen LogP contribution in [0, 0.1) is 30.0 Å². The molecule has 0 saturated heterocycles. The van der Waals surface area contributed by atoms with Crippen LogP contribution in [0.3, 0.4) is 0 Å². The third kappa shape index (κ3) is 2.80. The Balaban J connectivity index is 2.98. The number of hydrogen-bond acceptors (Lipinski definition) is 2. The van der Waals surface area contributed by atoms with Gasteiger partial charge in [0, 0.05) is 5.56 Å². The van der Waals surface area contributed by atoms with Crippen LogP contribution in [0.15, 0.2) is 18.2 Å². The lowest BCUT2D eigenvalue weighted by atomic mass is 9.92. The molecule has 1 aromatic rings. The lowest BCUT2D eigenvalue weighted by Gasteiger charge is -2.17. The topological polar surface area (TPSA) is 44.0 Å². The molecule has 0 bridgehead atoms. The fraction of sp³-hybridized carbons (Fsp3) is 0.462.